The van der Waals surface area contributed by atoms with Crippen molar-refractivity contribution < 1.29 is 4.79 Å². The molecular formula is C9H12N4O2. The Morgan fingerprint density at radius 2 is 2.47 bits per heavy atom. The van der Waals surface area contributed by atoms with E-state index in [1.54, 1.807) is 0 Å². The first-order chi connectivity index (χ1) is 7.16. The number of rotatable bonds is 2. The minimum atomic E-state index is -0.562. The molecule has 0 saturated heterocycles. The Bertz CT molecular complexity index is 452. The Morgan fingerprint density at radius 1 is 1.67 bits per heavy atom. The Labute approximate surface area is 86.1 Å². The second-order valence-electron chi connectivity index (χ2n) is 3.50. The lowest BCUT2D eigenvalue weighted by Gasteiger charge is -2.17. The van der Waals surface area contributed by atoms with E-state index in [0.29, 0.717) is 0 Å². The molecule has 0 bridgehead atoms. The summed E-state index contributed by atoms with van der Waals surface area (Å²) >= 11 is 0. The van der Waals surface area contributed by atoms with Gasteiger partial charge in [0, 0.05) is 12.6 Å². The summed E-state index contributed by atoms with van der Waals surface area (Å²) in [7, 11) is 0. The van der Waals surface area contributed by atoms with Gasteiger partial charge in [-0.3, -0.25) is 9.59 Å². The van der Waals surface area contributed by atoms with E-state index in [2.05, 4.69) is 10.4 Å². The highest BCUT2D eigenvalue weighted by Gasteiger charge is 2.13. The molecule has 3 N–H and O–H groups in total. The van der Waals surface area contributed by atoms with Gasteiger partial charge in [0.25, 0.3) is 5.56 Å². The van der Waals surface area contributed by atoms with Gasteiger partial charge in [-0.1, -0.05) is 0 Å². The fraction of sp³-hybridized carbons (Fsp3) is 0.444. The third-order valence-electron chi connectivity index (χ3n) is 2.29. The van der Waals surface area contributed by atoms with Gasteiger partial charge in [0.05, 0.1) is 11.4 Å². The lowest BCUT2D eigenvalue weighted by molar-refractivity contribution is -0.118. The smallest absolute Gasteiger partial charge is 0.269 e. The molecule has 1 aliphatic rings. The number of nitrogens with two attached hydrogens (primary N) is 1. The molecule has 2 heterocycles. The summed E-state index contributed by atoms with van der Waals surface area (Å²) in [6, 6.07) is 1.46. The first-order valence-electron chi connectivity index (χ1n) is 4.80. The molecule has 0 aliphatic carbocycles. The van der Waals surface area contributed by atoms with Crippen LogP contribution >= 0.6 is 0 Å². The van der Waals surface area contributed by atoms with Crippen LogP contribution in [-0.2, 0) is 17.8 Å². The van der Waals surface area contributed by atoms with Crippen molar-refractivity contribution in [2.45, 2.75) is 19.4 Å². The van der Waals surface area contributed by atoms with Crippen molar-refractivity contribution in [2.24, 2.45) is 5.73 Å². The van der Waals surface area contributed by atoms with Crippen LogP contribution < -0.4 is 16.6 Å². The van der Waals surface area contributed by atoms with Crippen molar-refractivity contribution in [3.05, 3.63) is 22.1 Å². The predicted molar refractivity (Wildman–Crippen MR) is 54.5 cm³/mol. The number of primary amides is 1. The van der Waals surface area contributed by atoms with Gasteiger partial charge in [0.2, 0.25) is 5.91 Å². The molecule has 1 aromatic rings. The molecule has 80 valence electrons. The van der Waals surface area contributed by atoms with Gasteiger partial charge < -0.3 is 11.1 Å². The molecule has 0 aromatic carbocycles. The number of hydrogen-bond donors (Lipinski definition) is 2. The van der Waals surface area contributed by atoms with E-state index in [1.807, 2.05) is 0 Å². The Kier molecular flexibility index (Phi) is 2.40. The van der Waals surface area contributed by atoms with E-state index < -0.39 is 5.91 Å². The highest BCUT2D eigenvalue weighted by Crippen LogP contribution is 2.16. The number of carbonyl (C=O) groups excluding carboxylic acids is 1. The van der Waals surface area contributed by atoms with Crippen LogP contribution in [0.3, 0.4) is 0 Å². The topological polar surface area (TPSA) is 90.0 Å². The van der Waals surface area contributed by atoms with Crippen molar-refractivity contribution in [2.75, 3.05) is 11.9 Å². The minimum absolute atomic E-state index is 0.161. The summed E-state index contributed by atoms with van der Waals surface area (Å²) in [6.07, 6.45) is 1.80. The lowest BCUT2D eigenvalue weighted by Crippen LogP contribution is -2.32. The van der Waals surface area contributed by atoms with Crippen molar-refractivity contribution in [1.82, 2.24) is 9.78 Å². The quantitative estimate of drug-likeness (QED) is 0.658. The van der Waals surface area contributed by atoms with Crippen LogP contribution in [0.4, 0.5) is 5.69 Å². The number of anilines is 1. The second kappa shape index (κ2) is 3.72. The summed E-state index contributed by atoms with van der Waals surface area (Å²) in [6.45, 7) is 0.695. The van der Waals surface area contributed by atoms with Crippen LogP contribution in [0.25, 0.3) is 0 Å². The number of aromatic nitrogens is 2. The van der Waals surface area contributed by atoms with Crippen molar-refractivity contribution in [1.29, 1.82) is 0 Å². The Morgan fingerprint density at radius 3 is 3.20 bits per heavy atom. The predicted octanol–water partition coefficient (Wildman–Crippen LogP) is -0.913. The highest BCUT2D eigenvalue weighted by atomic mass is 16.2. The number of carbonyl (C=O) groups is 1. The third-order valence-corrected chi connectivity index (χ3v) is 2.29. The standard InChI is InChI=1S/C9H12N4O2/c10-8(14)5-13-9(15)4-7-6(12-13)2-1-3-11-7/h4,11H,1-3,5H2,(H2,10,14). The lowest BCUT2D eigenvalue weighted by atomic mass is 10.1. The van der Waals surface area contributed by atoms with Crippen LogP contribution in [0, 0.1) is 0 Å². The van der Waals surface area contributed by atoms with E-state index >= 15 is 0 Å². The minimum Gasteiger partial charge on any atom is -0.383 e. The molecule has 0 atom stereocenters. The summed E-state index contributed by atoms with van der Waals surface area (Å²) in [5, 5.41) is 7.19. The molecule has 0 unspecified atom stereocenters. The molecule has 1 aromatic heterocycles. The fourth-order valence-corrected chi connectivity index (χ4v) is 1.61. The van der Waals surface area contributed by atoms with E-state index in [0.717, 1.165) is 35.4 Å². The van der Waals surface area contributed by atoms with E-state index in [1.165, 1.54) is 6.07 Å². The van der Waals surface area contributed by atoms with Crippen LogP contribution in [-0.4, -0.2) is 22.2 Å². The van der Waals surface area contributed by atoms with Gasteiger partial charge in [-0.15, -0.1) is 0 Å². The van der Waals surface area contributed by atoms with E-state index in [-0.39, 0.29) is 12.1 Å². The normalized spacial score (nSPS) is 14.1. The van der Waals surface area contributed by atoms with Gasteiger partial charge in [-0.2, -0.15) is 5.10 Å². The van der Waals surface area contributed by atoms with Crippen LogP contribution in [0.1, 0.15) is 12.1 Å². The van der Waals surface area contributed by atoms with Crippen molar-refractivity contribution in [3.8, 4) is 0 Å². The van der Waals surface area contributed by atoms with E-state index in [9.17, 15) is 9.59 Å². The third kappa shape index (κ3) is 1.98. The zero-order valence-electron chi connectivity index (χ0n) is 8.19. The Balaban J connectivity index is 2.40. The molecule has 0 fully saturated rings. The summed E-state index contributed by atoms with van der Waals surface area (Å²) < 4.78 is 1.11. The number of fused-ring (bicyclic) bond motifs is 1. The molecule has 2 rings (SSSR count). The maximum absolute atomic E-state index is 11.5. The first-order valence-corrected chi connectivity index (χ1v) is 4.80. The molecule has 1 amide bonds. The average molecular weight is 208 g/mol. The van der Waals surface area contributed by atoms with Crippen molar-refractivity contribution >= 4 is 11.6 Å². The molecule has 1 aliphatic heterocycles. The average Bonchev–Trinajstić information content (AvgIpc) is 2.18. The molecule has 15 heavy (non-hydrogen) atoms. The number of nitrogens with zero attached hydrogens (tertiary/aromatic N) is 2. The summed E-state index contributed by atoms with van der Waals surface area (Å²) in [5.41, 5.74) is 6.30. The van der Waals surface area contributed by atoms with Gasteiger partial charge in [0.1, 0.15) is 6.54 Å². The second-order valence-corrected chi connectivity index (χ2v) is 3.50. The number of amides is 1. The van der Waals surface area contributed by atoms with E-state index in [4.69, 9.17) is 5.73 Å². The molecule has 0 saturated carbocycles. The number of nitrogens with one attached hydrogen (secondary N) is 1. The zero-order valence-corrected chi connectivity index (χ0v) is 8.19. The zero-order chi connectivity index (χ0) is 10.8. The highest BCUT2D eigenvalue weighted by molar-refractivity contribution is 5.73. The van der Waals surface area contributed by atoms with Gasteiger partial charge in [-0.25, -0.2) is 4.68 Å². The monoisotopic (exact) mass is 208 g/mol. The van der Waals surface area contributed by atoms with Crippen LogP contribution in [0.2, 0.25) is 0 Å². The van der Waals surface area contributed by atoms with Crippen molar-refractivity contribution in [3.63, 3.8) is 0 Å². The van der Waals surface area contributed by atoms with Gasteiger partial charge in [-0.05, 0) is 12.8 Å². The molecule has 6 nitrogen and oxygen atoms in total. The van der Waals surface area contributed by atoms with Gasteiger partial charge >= 0.3 is 0 Å². The first kappa shape index (κ1) is 9.70. The van der Waals surface area contributed by atoms with Gasteiger partial charge in [0.15, 0.2) is 0 Å². The summed E-state index contributed by atoms with van der Waals surface area (Å²) in [4.78, 5) is 22.2. The number of hydrogen-bond acceptors (Lipinski definition) is 4. The fourth-order valence-electron chi connectivity index (χ4n) is 1.61. The molecule has 0 spiro atoms. The SMILES string of the molecule is NC(=O)Cn1nc2c(cc1=O)NCCC2. The molecular weight excluding hydrogens is 196 g/mol. The Hall–Kier alpha value is -1.85. The molecule has 0 radical (unpaired) electrons. The van der Waals surface area contributed by atoms with Crippen LogP contribution in [0.15, 0.2) is 10.9 Å². The number of aryl methyl sites for hydroxylation is 1. The largest absolute Gasteiger partial charge is 0.383 e. The maximum Gasteiger partial charge on any atom is 0.269 e. The maximum atomic E-state index is 11.5. The summed E-state index contributed by atoms with van der Waals surface area (Å²) in [5.74, 6) is -0.562. The molecule has 6 heteroatoms. The van der Waals surface area contributed by atoms with Crippen LogP contribution in [0.5, 0.6) is 0 Å².